The Hall–Kier alpha value is -1.55. The molecule has 0 spiro atoms. The maximum Gasteiger partial charge on any atom is 0.196 e. The highest BCUT2D eigenvalue weighted by atomic mass is 32.1. The summed E-state index contributed by atoms with van der Waals surface area (Å²) in [6.07, 6.45) is 0. The zero-order chi connectivity index (χ0) is 10.1. The molecule has 0 unspecified atom stereocenters. The average Bonchev–Trinajstić information content (AvgIpc) is 2.86. The number of aliphatic imine (C=N–C) groups is 1. The van der Waals surface area contributed by atoms with Gasteiger partial charge in [0.05, 0.1) is 11.5 Å². The Kier molecular flexibility index (Phi) is 2.07. The van der Waals surface area contributed by atoms with Crippen molar-refractivity contribution < 1.29 is 0 Å². The summed E-state index contributed by atoms with van der Waals surface area (Å²) in [6.45, 7) is 1.81. The third-order valence-corrected chi connectivity index (χ3v) is 3.37. The van der Waals surface area contributed by atoms with Crippen LogP contribution in [0.5, 0.6) is 0 Å². The van der Waals surface area contributed by atoms with Crippen LogP contribution in [-0.4, -0.2) is 19.0 Å². The predicted octanol–water partition coefficient (Wildman–Crippen LogP) is 2.27. The van der Waals surface area contributed by atoms with Crippen LogP contribution in [0.3, 0.4) is 0 Å². The molecule has 0 bridgehead atoms. The molecule has 2 aromatic rings. The van der Waals surface area contributed by atoms with Crippen LogP contribution >= 0.6 is 11.3 Å². The van der Waals surface area contributed by atoms with Crippen molar-refractivity contribution in [2.24, 2.45) is 4.99 Å². The molecule has 15 heavy (non-hydrogen) atoms. The summed E-state index contributed by atoms with van der Waals surface area (Å²) < 4.78 is 1.30. The van der Waals surface area contributed by atoms with Gasteiger partial charge in [0.2, 0.25) is 0 Å². The number of rotatable bonds is 1. The maximum atomic E-state index is 4.30. The van der Waals surface area contributed by atoms with Gasteiger partial charge in [-0.25, -0.2) is 0 Å². The fourth-order valence-electron chi connectivity index (χ4n) is 1.64. The highest BCUT2D eigenvalue weighted by Crippen LogP contribution is 2.29. The topological polar surface area (TPSA) is 36.4 Å². The molecule has 0 aliphatic carbocycles. The number of benzene rings is 1. The van der Waals surface area contributed by atoms with Crippen molar-refractivity contribution >= 4 is 32.4 Å². The van der Waals surface area contributed by atoms with E-state index in [1.165, 1.54) is 10.1 Å². The van der Waals surface area contributed by atoms with E-state index >= 15 is 0 Å². The van der Waals surface area contributed by atoms with Crippen LogP contribution in [0.2, 0.25) is 0 Å². The van der Waals surface area contributed by atoms with E-state index in [0.29, 0.717) is 0 Å². The lowest BCUT2D eigenvalue weighted by Crippen LogP contribution is -2.25. The molecule has 0 atom stereocenters. The second kappa shape index (κ2) is 3.55. The molecule has 0 saturated heterocycles. The van der Waals surface area contributed by atoms with E-state index in [1.54, 1.807) is 11.3 Å². The average molecular weight is 217 g/mol. The first-order valence-corrected chi connectivity index (χ1v) is 5.77. The molecule has 3 nitrogen and oxygen atoms in total. The van der Waals surface area contributed by atoms with Crippen molar-refractivity contribution in [3.05, 3.63) is 30.3 Å². The summed E-state index contributed by atoms with van der Waals surface area (Å²) in [5, 5.41) is 8.91. The SMILES string of the molecule is c1ccc2sc(NC3=NCCN3)cc2c1. The Morgan fingerprint density at radius 2 is 2.27 bits per heavy atom. The van der Waals surface area contributed by atoms with Gasteiger partial charge in [0.25, 0.3) is 0 Å². The summed E-state index contributed by atoms with van der Waals surface area (Å²) in [5.74, 6) is 0.890. The second-order valence-corrected chi connectivity index (χ2v) is 4.51. The molecule has 0 saturated carbocycles. The van der Waals surface area contributed by atoms with Crippen molar-refractivity contribution in [1.82, 2.24) is 5.32 Å². The smallest absolute Gasteiger partial charge is 0.196 e. The molecular weight excluding hydrogens is 206 g/mol. The number of fused-ring (bicyclic) bond motifs is 1. The first kappa shape index (κ1) is 8.73. The summed E-state index contributed by atoms with van der Waals surface area (Å²) in [4.78, 5) is 4.30. The van der Waals surface area contributed by atoms with Gasteiger partial charge in [0.1, 0.15) is 0 Å². The number of nitrogens with zero attached hydrogens (tertiary/aromatic N) is 1. The van der Waals surface area contributed by atoms with Crippen LogP contribution in [0.4, 0.5) is 5.00 Å². The molecule has 0 amide bonds. The number of thiophene rings is 1. The van der Waals surface area contributed by atoms with Gasteiger partial charge >= 0.3 is 0 Å². The normalized spacial score (nSPS) is 15.1. The van der Waals surface area contributed by atoms with E-state index in [4.69, 9.17) is 0 Å². The first-order chi connectivity index (χ1) is 7.42. The van der Waals surface area contributed by atoms with Crippen LogP contribution in [-0.2, 0) is 0 Å². The van der Waals surface area contributed by atoms with Gasteiger partial charge in [-0.05, 0) is 17.5 Å². The van der Waals surface area contributed by atoms with Crippen LogP contribution in [0.1, 0.15) is 0 Å². The largest absolute Gasteiger partial charge is 0.354 e. The maximum absolute atomic E-state index is 4.30. The number of guanidine groups is 1. The Balaban J connectivity index is 1.91. The lowest BCUT2D eigenvalue weighted by molar-refractivity contribution is 0.959. The third-order valence-electron chi connectivity index (χ3n) is 2.34. The molecule has 1 aliphatic heterocycles. The van der Waals surface area contributed by atoms with E-state index in [2.05, 4.69) is 46.0 Å². The molecule has 0 fully saturated rings. The number of nitrogens with one attached hydrogen (secondary N) is 2. The summed E-state index contributed by atoms with van der Waals surface area (Å²) in [5.41, 5.74) is 0. The molecule has 4 heteroatoms. The molecule has 1 aromatic carbocycles. The minimum Gasteiger partial charge on any atom is -0.354 e. The van der Waals surface area contributed by atoms with Crippen molar-refractivity contribution in [3.63, 3.8) is 0 Å². The number of anilines is 1. The molecule has 3 rings (SSSR count). The highest BCUT2D eigenvalue weighted by Gasteiger charge is 2.06. The van der Waals surface area contributed by atoms with Crippen LogP contribution in [0.25, 0.3) is 10.1 Å². The van der Waals surface area contributed by atoms with E-state index in [9.17, 15) is 0 Å². The molecule has 0 radical (unpaired) electrons. The Labute approximate surface area is 91.8 Å². The quantitative estimate of drug-likeness (QED) is 0.768. The molecule has 2 N–H and O–H groups in total. The summed E-state index contributed by atoms with van der Waals surface area (Å²) in [6, 6.07) is 10.5. The highest BCUT2D eigenvalue weighted by molar-refractivity contribution is 7.22. The Morgan fingerprint density at radius 3 is 3.07 bits per heavy atom. The van der Waals surface area contributed by atoms with Gasteiger partial charge in [-0.15, -0.1) is 11.3 Å². The second-order valence-electron chi connectivity index (χ2n) is 3.43. The fourth-order valence-corrected chi connectivity index (χ4v) is 2.60. The zero-order valence-corrected chi connectivity index (χ0v) is 8.97. The zero-order valence-electron chi connectivity index (χ0n) is 8.16. The van der Waals surface area contributed by atoms with Gasteiger partial charge in [-0.3, -0.25) is 4.99 Å². The summed E-state index contributed by atoms with van der Waals surface area (Å²) >= 11 is 1.75. The van der Waals surface area contributed by atoms with Crippen LogP contribution in [0, 0.1) is 0 Å². The van der Waals surface area contributed by atoms with Crippen LogP contribution < -0.4 is 10.6 Å². The lowest BCUT2D eigenvalue weighted by Gasteiger charge is -2.01. The molecule has 2 heterocycles. The third kappa shape index (κ3) is 1.68. The molecule has 1 aliphatic rings. The van der Waals surface area contributed by atoms with Gasteiger partial charge < -0.3 is 10.6 Å². The predicted molar refractivity (Wildman–Crippen MR) is 65.8 cm³/mol. The molecular formula is C11H11N3S. The minimum atomic E-state index is 0.868. The number of hydrogen-bond acceptors (Lipinski definition) is 4. The van der Waals surface area contributed by atoms with E-state index in [0.717, 1.165) is 24.1 Å². The fraction of sp³-hybridized carbons (Fsp3) is 0.182. The van der Waals surface area contributed by atoms with Gasteiger partial charge in [-0.1, -0.05) is 18.2 Å². The standard InChI is InChI=1S/C11H11N3S/c1-2-4-9-8(3-1)7-10(15-9)14-11-12-5-6-13-11/h1-4,7H,5-6H2,(H2,12,13,14). The minimum absolute atomic E-state index is 0.868. The lowest BCUT2D eigenvalue weighted by atomic mass is 10.3. The van der Waals surface area contributed by atoms with Gasteiger partial charge in [-0.2, -0.15) is 0 Å². The Bertz CT molecular complexity index is 482. The monoisotopic (exact) mass is 217 g/mol. The van der Waals surface area contributed by atoms with Crippen molar-refractivity contribution in [2.45, 2.75) is 0 Å². The van der Waals surface area contributed by atoms with Gasteiger partial charge in [0, 0.05) is 11.2 Å². The first-order valence-electron chi connectivity index (χ1n) is 4.96. The van der Waals surface area contributed by atoms with E-state index in [-0.39, 0.29) is 0 Å². The van der Waals surface area contributed by atoms with E-state index < -0.39 is 0 Å². The van der Waals surface area contributed by atoms with Crippen molar-refractivity contribution in [2.75, 3.05) is 18.4 Å². The van der Waals surface area contributed by atoms with Crippen LogP contribution in [0.15, 0.2) is 35.3 Å². The number of hydrogen-bond donors (Lipinski definition) is 2. The summed E-state index contributed by atoms with van der Waals surface area (Å²) in [7, 11) is 0. The van der Waals surface area contributed by atoms with Gasteiger partial charge in [0.15, 0.2) is 5.96 Å². The van der Waals surface area contributed by atoms with E-state index in [1.807, 2.05) is 0 Å². The molecule has 76 valence electrons. The Morgan fingerprint density at radius 1 is 1.33 bits per heavy atom. The molecule has 1 aromatic heterocycles. The van der Waals surface area contributed by atoms with Crippen molar-refractivity contribution in [1.29, 1.82) is 0 Å². The van der Waals surface area contributed by atoms with Crippen molar-refractivity contribution in [3.8, 4) is 0 Å².